The number of nitrogens with one attached hydrogen (secondary N) is 3. The topological polar surface area (TPSA) is 100 Å². The first-order valence-corrected chi connectivity index (χ1v) is 7.68. The second kappa shape index (κ2) is 8.14. The third-order valence-corrected chi connectivity index (χ3v) is 3.65. The lowest BCUT2D eigenvalue weighted by molar-refractivity contribution is -0.140. The number of aromatic nitrogens is 1. The number of hydrogen-bond acceptors (Lipinski definition) is 4. The first-order valence-electron chi connectivity index (χ1n) is 7.68. The van der Waals surface area contributed by atoms with Gasteiger partial charge in [-0.05, 0) is 11.6 Å². The summed E-state index contributed by atoms with van der Waals surface area (Å²) in [5.41, 5.74) is 1.91. The number of benzene rings is 1. The van der Waals surface area contributed by atoms with E-state index in [-0.39, 0.29) is 24.8 Å². The van der Waals surface area contributed by atoms with Crippen LogP contribution in [-0.4, -0.2) is 42.5 Å². The van der Waals surface area contributed by atoms with E-state index in [0.29, 0.717) is 6.42 Å². The van der Waals surface area contributed by atoms with Crippen molar-refractivity contribution >= 4 is 28.7 Å². The molecule has 1 atom stereocenters. The highest BCUT2D eigenvalue weighted by molar-refractivity contribution is 5.89. The van der Waals surface area contributed by atoms with Gasteiger partial charge in [0.15, 0.2) is 0 Å². The number of hydrogen-bond donors (Lipinski definition) is 3. The quantitative estimate of drug-likeness (QED) is 0.656. The number of carbonyl (C=O) groups excluding carboxylic acids is 3. The summed E-state index contributed by atoms with van der Waals surface area (Å²) >= 11 is 0. The number of aromatic amines is 1. The molecule has 0 radical (unpaired) electrons. The lowest BCUT2D eigenvalue weighted by atomic mass is 10.0. The third-order valence-electron chi connectivity index (χ3n) is 3.65. The highest BCUT2D eigenvalue weighted by Crippen LogP contribution is 2.19. The van der Waals surface area contributed by atoms with Gasteiger partial charge in [-0.25, -0.2) is 0 Å². The van der Waals surface area contributed by atoms with Crippen LogP contribution < -0.4 is 10.6 Å². The lowest BCUT2D eigenvalue weighted by Crippen LogP contribution is -2.47. The van der Waals surface area contributed by atoms with Crippen LogP contribution in [-0.2, 0) is 25.5 Å². The van der Waals surface area contributed by atoms with Crippen LogP contribution in [0.2, 0.25) is 0 Å². The maximum atomic E-state index is 12.3. The van der Waals surface area contributed by atoms with Gasteiger partial charge in [0.1, 0.15) is 6.04 Å². The fourth-order valence-electron chi connectivity index (χ4n) is 2.49. The second-order valence-electron chi connectivity index (χ2n) is 5.43. The molecule has 2 aromatic rings. The van der Waals surface area contributed by atoms with Gasteiger partial charge >= 0.3 is 5.97 Å². The van der Waals surface area contributed by atoms with Gasteiger partial charge in [-0.3, -0.25) is 14.4 Å². The normalized spacial score (nSPS) is 11.8. The summed E-state index contributed by atoms with van der Waals surface area (Å²) in [6.07, 6.45) is 2.27. The second-order valence-corrected chi connectivity index (χ2v) is 5.43. The smallest absolute Gasteiger partial charge is 0.307 e. The minimum Gasteiger partial charge on any atom is -0.469 e. The minimum absolute atomic E-state index is 0.0854. The number of methoxy groups -OCH3 is 1. The van der Waals surface area contributed by atoms with Crippen LogP contribution in [0.3, 0.4) is 0 Å². The maximum Gasteiger partial charge on any atom is 0.307 e. The minimum atomic E-state index is -0.709. The van der Waals surface area contributed by atoms with Crippen LogP contribution >= 0.6 is 0 Å². The molecule has 0 aliphatic carbocycles. The zero-order chi connectivity index (χ0) is 17.5. The first kappa shape index (κ1) is 17.5. The Morgan fingerprint density at radius 1 is 1.25 bits per heavy atom. The van der Waals surface area contributed by atoms with Gasteiger partial charge in [-0.2, -0.15) is 0 Å². The van der Waals surface area contributed by atoms with E-state index in [9.17, 15) is 14.4 Å². The maximum absolute atomic E-state index is 12.3. The average Bonchev–Trinajstić information content (AvgIpc) is 2.96. The van der Waals surface area contributed by atoms with Gasteiger partial charge in [-0.1, -0.05) is 18.2 Å². The predicted octanol–water partition coefficient (Wildman–Crippen LogP) is 0.894. The molecular weight excluding hydrogens is 310 g/mol. The van der Waals surface area contributed by atoms with Gasteiger partial charge in [0.25, 0.3) is 0 Å². The van der Waals surface area contributed by atoms with E-state index >= 15 is 0 Å². The molecule has 0 saturated heterocycles. The number of amides is 2. The SMILES string of the molecule is COC(=O)CCNC(=O)C(Cc1c[nH]c2ccccc12)NC(C)=O. The average molecular weight is 331 g/mol. The fourth-order valence-corrected chi connectivity index (χ4v) is 2.49. The van der Waals surface area contributed by atoms with E-state index < -0.39 is 12.0 Å². The molecule has 2 amide bonds. The zero-order valence-electron chi connectivity index (χ0n) is 13.7. The Bertz CT molecular complexity index is 738. The Morgan fingerprint density at radius 2 is 2.00 bits per heavy atom. The van der Waals surface area contributed by atoms with Gasteiger partial charge in [0, 0.05) is 37.0 Å². The summed E-state index contributed by atoms with van der Waals surface area (Å²) in [7, 11) is 1.29. The van der Waals surface area contributed by atoms with Crippen LogP contribution in [0.1, 0.15) is 18.9 Å². The van der Waals surface area contributed by atoms with E-state index in [1.54, 1.807) is 0 Å². The van der Waals surface area contributed by atoms with Gasteiger partial charge in [-0.15, -0.1) is 0 Å². The molecule has 1 aromatic heterocycles. The van der Waals surface area contributed by atoms with Crippen molar-refractivity contribution in [2.75, 3.05) is 13.7 Å². The van der Waals surface area contributed by atoms with Crippen molar-refractivity contribution < 1.29 is 19.1 Å². The molecule has 1 unspecified atom stereocenters. The van der Waals surface area contributed by atoms with E-state index in [1.807, 2.05) is 30.5 Å². The van der Waals surface area contributed by atoms with Gasteiger partial charge < -0.3 is 20.4 Å². The van der Waals surface area contributed by atoms with Crippen LogP contribution in [0.25, 0.3) is 10.9 Å². The van der Waals surface area contributed by atoms with E-state index in [0.717, 1.165) is 16.5 Å². The fraction of sp³-hybridized carbons (Fsp3) is 0.353. The number of para-hydroxylation sites is 1. The summed E-state index contributed by atoms with van der Waals surface area (Å²) in [6.45, 7) is 1.53. The monoisotopic (exact) mass is 331 g/mol. The van der Waals surface area contributed by atoms with Crippen molar-refractivity contribution in [1.82, 2.24) is 15.6 Å². The lowest BCUT2D eigenvalue weighted by Gasteiger charge is -2.17. The van der Waals surface area contributed by atoms with Crippen molar-refractivity contribution in [2.24, 2.45) is 0 Å². The molecule has 2 rings (SSSR count). The number of esters is 1. The van der Waals surface area contributed by atoms with Crippen molar-refractivity contribution in [1.29, 1.82) is 0 Å². The number of carbonyl (C=O) groups is 3. The number of fused-ring (bicyclic) bond motifs is 1. The Hall–Kier alpha value is -2.83. The molecule has 0 aliphatic heterocycles. The molecular formula is C17H21N3O4. The van der Waals surface area contributed by atoms with Crippen molar-refractivity contribution in [3.8, 4) is 0 Å². The highest BCUT2D eigenvalue weighted by Gasteiger charge is 2.21. The van der Waals surface area contributed by atoms with Crippen molar-refractivity contribution in [3.63, 3.8) is 0 Å². The number of H-pyrrole nitrogens is 1. The number of rotatable bonds is 7. The van der Waals surface area contributed by atoms with E-state index in [1.165, 1.54) is 14.0 Å². The van der Waals surface area contributed by atoms with Crippen LogP contribution in [0.15, 0.2) is 30.5 Å². The molecule has 0 aliphatic rings. The molecule has 24 heavy (non-hydrogen) atoms. The van der Waals surface area contributed by atoms with Crippen LogP contribution in [0.5, 0.6) is 0 Å². The first-order chi connectivity index (χ1) is 11.5. The third kappa shape index (κ3) is 4.58. The summed E-state index contributed by atoms with van der Waals surface area (Å²) in [5.74, 6) is -1.02. The van der Waals surface area contributed by atoms with Crippen molar-refractivity contribution in [3.05, 3.63) is 36.0 Å². The summed E-state index contributed by atoms with van der Waals surface area (Å²) in [4.78, 5) is 38.0. The van der Waals surface area contributed by atoms with Crippen LogP contribution in [0, 0.1) is 0 Å². The Kier molecular flexibility index (Phi) is 5.95. The molecule has 1 heterocycles. The molecule has 0 bridgehead atoms. The van der Waals surface area contributed by atoms with Crippen LogP contribution in [0.4, 0.5) is 0 Å². The molecule has 1 aromatic carbocycles. The summed E-state index contributed by atoms with van der Waals surface area (Å²) < 4.78 is 4.53. The standard InChI is InChI=1S/C17H21N3O4/c1-11(21)20-15(17(23)18-8-7-16(22)24-2)9-12-10-19-14-6-4-3-5-13(12)14/h3-6,10,15,19H,7-9H2,1-2H3,(H,18,23)(H,20,21). The molecule has 0 fully saturated rings. The van der Waals surface area contributed by atoms with Gasteiger partial charge in [0.2, 0.25) is 11.8 Å². The van der Waals surface area contributed by atoms with E-state index in [2.05, 4.69) is 20.4 Å². The molecule has 0 spiro atoms. The Morgan fingerprint density at radius 3 is 2.71 bits per heavy atom. The summed E-state index contributed by atoms with van der Waals surface area (Å²) in [5, 5.41) is 6.31. The molecule has 128 valence electrons. The van der Waals surface area contributed by atoms with Crippen molar-refractivity contribution in [2.45, 2.75) is 25.8 Å². The number of ether oxygens (including phenoxy) is 1. The highest BCUT2D eigenvalue weighted by atomic mass is 16.5. The van der Waals surface area contributed by atoms with Gasteiger partial charge in [0.05, 0.1) is 13.5 Å². The van der Waals surface area contributed by atoms with E-state index in [4.69, 9.17) is 0 Å². The predicted molar refractivity (Wildman–Crippen MR) is 89.3 cm³/mol. The largest absolute Gasteiger partial charge is 0.469 e. The molecule has 7 nitrogen and oxygen atoms in total. The summed E-state index contributed by atoms with van der Waals surface area (Å²) in [6, 6.07) is 7.04. The molecule has 7 heteroatoms. The molecule has 0 saturated carbocycles. The Labute approximate surface area is 139 Å². The zero-order valence-corrected chi connectivity index (χ0v) is 13.7. The Balaban J connectivity index is 2.06. The molecule has 3 N–H and O–H groups in total.